The van der Waals surface area contributed by atoms with E-state index in [1.807, 2.05) is 0 Å². The summed E-state index contributed by atoms with van der Waals surface area (Å²) in [5.74, 6) is -2.75. The van der Waals surface area contributed by atoms with Crippen molar-refractivity contribution >= 4 is 34.6 Å². The predicted molar refractivity (Wildman–Crippen MR) is 126 cm³/mol. The highest BCUT2D eigenvalue weighted by Crippen LogP contribution is 2.29. The van der Waals surface area contributed by atoms with Crippen LogP contribution in [0.15, 0.2) is 24.3 Å². The van der Waals surface area contributed by atoms with Crippen LogP contribution in [-0.2, 0) is 18.9 Å². The number of fused-ring (bicyclic) bond motifs is 1. The van der Waals surface area contributed by atoms with Crippen molar-refractivity contribution < 1.29 is 38.1 Å². The Morgan fingerprint density at radius 2 is 0.735 bits per heavy atom. The molecule has 0 saturated heterocycles. The Bertz CT molecular complexity index is 1010. The number of rotatable bonds is 8. The van der Waals surface area contributed by atoms with Gasteiger partial charge in [-0.05, 0) is 90.4 Å². The minimum atomic E-state index is -0.711. The molecule has 34 heavy (non-hydrogen) atoms. The molecule has 0 aliphatic heterocycles. The molecular formula is C26H32O8. The summed E-state index contributed by atoms with van der Waals surface area (Å²) in [5.41, 5.74) is 0.153. The van der Waals surface area contributed by atoms with Crippen LogP contribution in [0.25, 0.3) is 10.8 Å². The van der Waals surface area contributed by atoms with E-state index in [1.54, 1.807) is 55.4 Å². The van der Waals surface area contributed by atoms with Crippen molar-refractivity contribution in [3.8, 4) is 0 Å². The van der Waals surface area contributed by atoms with Crippen LogP contribution in [0, 0.1) is 0 Å². The first kappa shape index (κ1) is 26.8. The summed E-state index contributed by atoms with van der Waals surface area (Å²) in [6.45, 7) is 13.6. The van der Waals surface area contributed by atoms with Crippen LogP contribution in [0.3, 0.4) is 0 Å². The highest BCUT2D eigenvalue weighted by atomic mass is 16.6. The fourth-order valence-electron chi connectivity index (χ4n) is 3.15. The number of carbonyl (C=O) groups is 4. The largest absolute Gasteiger partial charge is 0.459 e. The second-order valence-corrected chi connectivity index (χ2v) is 8.96. The van der Waals surface area contributed by atoms with Crippen molar-refractivity contribution in [2.75, 3.05) is 0 Å². The molecule has 0 fully saturated rings. The number of hydrogen-bond acceptors (Lipinski definition) is 8. The fourth-order valence-corrected chi connectivity index (χ4v) is 3.15. The summed E-state index contributed by atoms with van der Waals surface area (Å²) < 4.78 is 21.3. The monoisotopic (exact) mass is 472 g/mol. The molecule has 0 unspecified atom stereocenters. The molecule has 2 aromatic carbocycles. The van der Waals surface area contributed by atoms with Gasteiger partial charge in [0.2, 0.25) is 0 Å². The molecule has 0 heterocycles. The Kier molecular flexibility index (Phi) is 8.79. The minimum Gasteiger partial charge on any atom is -0.459 e. The van der Waals surface area contributed by atoms with Crippen LogP contribution < -0.4 is 0 Å². The third-order valence-corrected chi connectivity index (χ3v) is 4.35. The van der Waals surface area contributed by atoms with Gasteiger partial charge in [-0.3, -0.25) is 0 Å². The molecule has 0 aromatic heterocycles. The molecule has 0 aliphatic rings. The van der Waals surface area contributed by atoms with Gasteiger partial charge >= 0.3 is 23.9 Å². The summed E-state index contributed by atoms with van der Waals surface area (Å²) in [4.78, 5) is 51.3. The Hall–Kier alpha value is -3.42. The Labute approximate surface area is 199 Å². The van der Waals surface area contributed by atoms with Crippen LogP contribution in [-0.4, -0.2) is 48.3 Å². The summed E-state index contributed by atoms with van der Waals surface area (Å²) >= 11 is 0. The molecule has 2 rings (SSSR count). The molecule has 8 heteroatoms. The number of hydrogen-bond donors (Lipinski definition) is 0. The highest BCUT2D eigenvalue weighted by molar-refractivity contribution is 6.15. The predicted octanol–water partition coefficient (Wildman–Crippen LogP) is 5.10. The van der Waals surface area contributed by atoms with Gasteiger partial charge in [0.1, 0.15) is 0 Å². The Morgan fingerprint density at radius 3 is 1.00 bits per heavy atom. The molecule has 0 N–H and O–H groups in total. The molecule has 0 amide bonds. The van der Waals surface area contributed by atoms with E-state index < -0.39 is 48.3 Å². The van der Waals surface area contributed by atoms with Gasteiger partial charge in [0, 0.05) is 0 Å². The van der Waals surface area contributed by atoms with Crippen LogP contribution in [0.5, 0.6) is 0 Å². The average Bonchev–Trinajstić information content (AvgIpc) is 2.69. The lowest BCUT2D eigenvalue weighted by molar-refractivity contribution is 0.0354. The molecule has 0 atom stereocenters. The quantitative estimate of drug-likeness (QED) is 0.386. The van der Waals surface area contributed by atoms with Crippen LogP contribution in [0.1, 0.15) is 96.8 Å². The zero-order valence-corrected chi connectivity index (χ0v) is 20.9. The molecule has 0 spiro atoms. The van der Waals surface area contributed by atoms with E-state index in [0.29, 0.717) is 0 Å². The van der Waals surface area contributed by atoms with Gasteiger partial charge in [-0.25, -0.2) is 19.2 Å². The van der Waals surface area contributed by atoms with Crippen LogP contribution in [0.2, 0.25) is 0 Å². The number of esters is 4. The number of ether oxygens (including phenoxy) is 4. The first-order chi connectivity index (χ1) is 15.8. The Morgan fingerprint density at radius 1 is 0.471 bits per heavy atom. The second-order valence-electron chi connectivity index (χ2n) is 8.96. The number of benzene rings is 2. The standard InChI is InChI=1S/C26H32O8/c1-13(2)31-23(27)17-9-19-20(21(11-17)25(29)33-15(5)6)10-18(24(28)32-14(3)4)12-22(19)26(30)34-16(7)8/h9-16H,1-8H3. The zero-order valence-electron chi connectivity index (χ0n) is 20.9. The lowest BCUT2D eigenvalue weighted by Gasteiger charge is -2.17. The van der Waals surface area contributed by atoms with Crippen LogP contribution in [0.4, 0.5) is 0 Å². The van der Waals surface area contributed by atoms with E-state index in [-0.39, 0.29) is 33.0 Å². The van der Waals surface area contributed by atoms with E-state index in [9.17, 15) is 19.2 Å². The minimum absolute atomic E-state index is 0.0136. The maximum absolute atomic E-state index is 13.0. The normalized spacial score (nSPS) is 11.3. The smallest absolute Gasteiger partial charge is 0.339 e. The van der Waals surface area contributed by atoms with Crippen LogP contribution >= 0.6 is 0 Å². The van der Waals surface area contributed by atoms with Gasteiger partial charge in [-0.2, -0.15) is 0 Å². The summed E-state index contributed by atoms with van der Waals surface area (Å²) in [6.07, 6.45) is -1.66. The molecule has 2 aromatic rings. The molecule has 184 valence electrons. The van der Waals surface area contributed by atoms with Crippen molar-refractivity contribution in [1.82, 2.24) is 0 Å². The summed E-state index contributed by atoms with van der Waals surface area (Å²) in [6, 6.07) is 5.57. The van der Waals surface area contributed by atoms with E-state index >= 15 is 0 Å². The van der Waals surface area contributed by atoms with E-state index in [1.165, 1.54) is 24.3 Å². The highest BCUT2D eigenvalue weighted by Gasteiger charge is 2.25. The maximum Gasteiger partial charge on any atom is 0.339 e. The third kappa shape index (κ3) is 6.79. The van der Waals surface area contributed by atoms with Crippen molar-refractivity contribution in [1.29, 1.82) is 0 Å². The SMILES string of the molecule is CC(C)OC(=O)c1cc(C(=O)OC(C)C)c2cc(C(=O)OC(C)C)cc(C(=O)OC(C)C)c2c1. The second kappa shape index (κ2) is 11.1. The maximum atomic E-state index is 13.0. The van der Waals surface area contributed by atoms with E-state index in [2.05, 4.69) is 0 Å². The lowest BCUT2D eigenvalue weighted by atomic mass is 9.94. The van der Waals surface area contributed by atoms with Gasteiger partial charge in [-0.1, -0.05) is 0 Å². The molecule has 0 saturated carbocycles. The van der Waals surface area contributed by atoms with Gasteiger partial charge < -0.3 is 18.9 Å². The molecular weight excluding hydrogens is 440 g/mol. The summed E-state index contributed by atoms with van der Waals surface area (Å²) in [5, 5.41) is 0.501. The van der Waals surface area contributed by atoms with Crippen molar-refractivity contribution in [3.05, 3.63) is 46.5 Å². The first-order valence-electron chi connectivity index (χ1n) is 11.3. The topological polar surface area (TPSA) is 105 Å². The van der Waals surface area contributed by atoms with Crippen molar-refractivity contribution in [2.24, 2.45) is 0 Å². The van der Waals surface area contributed by atoms with E-state index in [4.69, 9.17) is 18.9 Å². The first-order valence-corrected chi connectivity index (χ1v) is 11.3. The van der Waals surface area contributed by atoms with Crippen molar-refractivity contribution in [3.63, 3.8) is 0 Å². The third-order valence-electron chi connectivity index (χ3n) is 4.35. The van der Waals surface area contributed by atoms with Gasteiger partial charge in [0.15, 0.2) is 0 Å². The molecule has 8 nitrogen and oxygen atoms in total. The lowest BCUT2D eigenvalue weighted by Crippen LogP contribution is -2.18. The average molecular weight is 473 g/mol. The van der Waals surface area contributed by atoms with Gasteiger partial charge in [0.05, 0.1) is 46.7 Å². The fraction of sp³-hybridized carbons (Fsp3) is 0.462. The molecule has 0 radical (unpaired) electrons. The zero-order chi connectivity index (χ0) is 25.7. The Balaban J connectivity index is 2.89. The number of carbonyl (C=O) groups excluding carboxylic acids is 4. The van der Waals surface area contributed by atoms with Gasteiger partial charge in [-0.15, -0.1) is 0 Å². The molecule has 0 aliphatic carbocycles. The van der Waals surface area contributed by atoms with Crippen molar-refractivity contribution in [2.45, 2.75) is 79.8 Å². The molecule has 0 bridgehead atoms. The summed E-state index contributed by atoms with van der Waals surface area (Å²) in [7, 11) is 0. The van der Waals surface area contributed by atoms with E-state index in [0.717, 1.165) is 0 Å². The van der Waals surface area contributed by atoms with Gasteiger partial charge in [0.25, 0.3) is 0 Å².